The van der Waals surface area contributed by atoms with Crippen LogP contribution in [0.5, 0.6) is 5.75 Å². The molecular formula is C17H13ClN2O2S. The topological polar surface area (TPSA) is 50.7 Å². The van der Waals surface area contributed by atoms with Gasteiger partial charge in [-0.15, -0.1) is 0 Å². The molecule has 1 saturated heterocycles. The summed E-state index contributed by atoms with van der Waals surface area (Å²) in [4.78, 5) is 17.1. The molecular weight excluding hydrogens is 332 g/mol. The first kappa shape index (κ1) is 15.6. The number of amidine groups is 1. The highest BCUT2D eigenvalue weighted by Gasteiger charge is 2.24. The summed E-state index contributed by atoms with van der Waals surface area (Å²) in [5.41, 5.74) is 1.46. The van der Waals surface area contributed by atoms with Gasteiger partial charge in [0.15, 0.2) is 5.17 Å². The van der Waals surface area contributed by atoms with Gasteiger partial charge in [0.1, 0.15) is 5.75 Å². The van der Waals surface area contributed by atoms with Crippen LogP contribution in [0.2, 0.25) is 5.02 Å². The van der Waals surface area contributed by atoms with E-state index in [1.165, 1.54) is 11.8 Å². The van der Waals surface area contributed by atoms with Crippen LogP contribution in [0, 0.1) is 0 Å². The van der Waals surface area contributed by atoms with Gasteiger partial charge in [0.2, 0.25) is 0 Å². The Morgan fingerprint density at radius 1 is 1.17 bits per heavy atom. The lowest BCUT2D eigenvalue weighted by molar-refractivity contribution is -0.115. The maximum atomic E-state index is 12.1. The van der Waals surface area contributed by atoms with E-state index in [1.807, 2.05) is 36.4 Å². The first-order valence-corrected chi connectivity index (χ1v) is 8.04. The van der Waals surface area contributed by atoms with Gasteiger partial charge < -0.3 is 10.1 Å². The molecule has 3 rings (SSSR count). The van der Waals surface area contributed by atoms with Crippen LogP contribution in [-0.4, -0.2) is 18.2 Å². The minimum Gasteiger partial charge on any atom is -0.496 e. The van der Waals surface area contributed by atoms with Crippen LogP contribution in [-0.2, 0) is 4.79 Å². The smallest absolute Gasteiger partial charge is 0.264 e. The van der Waals surface area contributed by atoms with E-state index in [1.54, 1.807) is 25.3 Å². The molecule has 1 N–H and O–H groups in total. The minimum atomic E-state index is -0.188. The Hall–Kier alpha value is -2.24. The molecule has 0 radical (unpaired) electrons. The number of ether oxygens (including phenoxy) is 1. The van der Waals surface area contributed by atoms with Crippen LogP contribution in [0.4, 0.5) is 5.69 Å². The third-order valence-corrected chi connectivity index (χ3v) is 4.38. The summed E-state index contributed by atoms with van der Waals surface area (Å²) in [6.45, 7) is 0. The predicted octanol–water partition coefficient (Wildman–Crippen LogP) is 4.24. The first-order chi connectivity index (χ1) is 11.2. The van der Waals surface area contributed by atoms with E-state index >= 15 is 0 Å². The Labute approximate surface area is 143 Å². The molecule has 0 saturated carbocycles. The number of halogens is 1. The Kier molecular flexibility index (Phi) is 4.69. The number of hydrogen-bond acceptors (Lipinski definition) is 4. The average molecular weight is 345 g/mol. The van der Waals surface area contributed by atoms with Crippen molar-refractivity contribution in [2.24, 2.45) is 4.99 Å². The highest BCUT2D eigenvalue weighted by Crippen LogP contribution is 2.32. The predicted molar refractivity (Wildman–Crippen MR) is 95.3 cm³/mol. The Bertz CT molecular complexity index is 818. The molecule has 1 fully saturated rings. The van der Waals surface area contributed by atoms with E-state index in [0.29, 0.717) is 26.5 Å². The third kappa shape index (κ3) is 3.57. The summed E-state index contributed by atoms with van der Waals surface area (Å²) in [5, 5.41) is 3.79. The van der Waals surface area contributed by atoms with E-state index in [2.05, 4.69) is 10.3 Å². The van der Waals surface area contributed by atoms with Gasteiger partial charge in [-0.3, -0.25) is 4.79 Å². The van der Waals surface area contributed by atoms with Crippen molar-refractivity contribution in [3.05, 3.63) is 64.0 Å². The second kappa shape index (κ2) is 6.89. The number of carbonyl (C=O) groups is 1. The number of benzene rings is 2. The number of aliphatic imine (C=N–C) groups is 1. The van der Waals surface area contributed by atoms with Crippen molar-refractivity contribution in [1.29, 1.82) is 0 Å². The number of nitrogens with zero attached hydrogens (tertiary/aromatic N) is 1. The minimum absolute atomic E-state index is 0.188. The maximum Gasteiger partial charge on any atom is 0.264 e. The zero-order chi connectivity index (χ0) is 16.2. The highest BCUT2D eigenvalue weighted by atomic mass is 35.5. The molecule has 1 aliphatic rings. The molecule has 0 spiro atoms. The van der Waals surface area contributed by atoms with Crippen LogP contribution in [0.15, 0.2) is 58.4 Å². The highest BCUT2D eigenvalue weighted by molar-refractivity contribution is 8.18. The van der Waals surface area contributed by atoms with Crippen LogP contribution >= 0.6 is 23.4 Å². The van der Waals surface area contributed by atoms with Crippen LogP contribution in [0.25, 0.3) is 6.08 Å². The fourth-order valence-electron chi connectivity index (χ4n) is 2.06. The van der Waals surface area contributed by atoms with Crippen molar-refractivity contribution in [3.8, 4) is 5.75 Å². The molecule has 116 valence electrons. The normalized spacial score (nSPS) is 17.6. The monoisotopic (exact) mass is 344 g/mol. The van der Waals surface area contributed by atoms with E-state index in [9.17, 15) is 4.79 Å². The standard InChI is InChI=1S/C17H13ClN2O2S/c1-22-14-9-5-2-6-11(14)10-15-16(21)20-17(23-15)19-13-8-4-3-7-12(13)18/h2-10H,1H3,(H,19,20,21)/b15-10-. The largest absolute Gasteiger partial charge is 0.496 e. The van der Waals surface area contributed by atoms with Gasteiger partial charge in [-0.1, -0.05) is 41.9 Å². The Balaban J connectivity index is 1.88. The zero-order valence-corrected chi connectivity index (χ0v) is 13.8. The Morgan fingerprint density at radius 2 is 1.91 bits per heavy atom. The number of carbonyl (C=O) groups excluding carboxylic acids is 1. The number of rotatable bonds is 3. The lowest BCUT2D eigenvalue weighted by Gasteiger charge is -2.03. The molecule has 1 amide bonds. The molecule has 0 bridgehead atoms. The number of methoxy groups -OCH3 is 1. The summed E-state index contributed by atoms with van der Waals surface area (Å²) < 4.78 is 5.30. The summed E-state index contributed by atoms with van der Waals surface area (Å²) in [6.07, 6.45) is 1.79. The summed E-state index contributed by atoms with van der Waals surface area (Å²) in [7, 11) is 1.60. The van der Waals surface area contributed by atoms with Gasteiger partial charge in [-0.25, -0.2) is 4.99 Å². The van der Waals surface area contributed by atoms with E-state index < -0.39 is 0 Å². The summed E-state index contributed by atoms with van der Waals surface area (Å²) >= 11 is 7.36. The second-order valence-corrected chi connectivity index (χ2v) is 6.11. The van der Waals surface area contributed by atoms with Crippen molar-refractivity contribution in [2.75, 3.05) is 7.11 Å². The molecule has 6 heteroatoms. The second-order valence-electron chi connectivity index (χ2n) is 4.68. The maximum absolute atomic E-state index is 12.1. The molecule has 0 unspecified atom stereocenters. The van der Waals surface area contributed by atoms with Gasteiger partial charge in [0.25, 0.3) is 5.91 Å². The van der Waals surface area contributed by atoms with Crippen molar-refractivity contribution >= 4 is 46.2 Å². The SMILES string of the molecule is COc1ccccc1/C=C1\SC(=Nc2ccccc2Cl)NC1=O. The van der Waals surface area contributed by atoms with Crippen molar-refractivity contribution in [3.63, 3.8) is 0 Å². The first-order valence-electron chi connectivity index (χ1n) is 6.84. The molecule has 4 nitrogen and oxygen atoms in total. The third-order valence-electron chi connectivity index (χ3n) is 3.15. The number of nitrogens with one attached hydrogen (secondary N) is 1. The van der Waals surface area contributed by atoms with Gasteiger partial charge in [-0.05, 0) is 36.0 Å². The fourth-order valence-corrected chi connectivity index (χ4v) is 3.06. The fraction of sp³-hybridized carbons (Fsp3) is 0.0588. The van der Waals surface area contributed by atoms with Gasteiger partial charge in [-0.2, -0.15) is 0 Å². The number of hydrogen-bond donors (Lipinski definition) is 1. The van der Waals surface area contributed by atoms with Crippen molar-refractivity contribution < 1.29 is 9.53 Å². The van der Waals surface area contributed by atoms with Crippen LogP contribution in [0.3, 0.4) is 0 Å². The lowest BCUT2D eigenvalue weighted by atomic mass is 10.2. The van der Waals surface area contributed by atoms with Crippen LogP contribution < -0.4 is 10.1 Å². The Morgan fingerprint density at radius 3 is 2.70 bits per heavy atom. The molecule has 1 heterocycles. The van der Waals surface area contributed by atoms with E-state index in [0.717, 1.165) is 5.56 Å². The molecule has 0 aromatic heterocycles. The molecule has 0 atom stereocenters. The van der Waals surface area contributed by atoms with Crippen molar-refractivity contribution in [2.45, 2.75) is 0 Å². The molecule has 2 aromatic rings. The quantitative estimate of drug-likeness (QED) is 0.847. The summed E-state index contributed by atoms with van der Waals surface area (Å²) in [5.74, 6) is 0.525. The van der Waals surface area contributed by atoms with Gasteiger partial charge in [0.05, 0.1) is 22.7 Å². The lowest BCUT2D eigenvalue weighted by Crippen LogP contribution is -2.19. The summed E-state index contributed by atoms with van der Waals surface area (Å²) in [6, 6.07) is 14.7. The number of thioether (sulfide) groups is 1. The van der Waals surface area contributed by atoms with E-state index in [4.69, 9.17) is 16.3 Å². The van der Waals surface area contributed by atoms with Gasteiger partial charge >= 0.3 is 0 Å². The molecule has 1 aliphatic heterocycles. The number of para-hydroxylation sites is 2. The molecule has 23 heavy (non-hydrogen) atoms. The van der Waals surface area contributed by atoms with E-state index in [-0.39, 0.29) is 5.91 Å². The average Bonchev–Trinajstić information content (AvgIpc) is 2.90. The van der Waals surface area contributed by atoms with Crippen LogP contribution in [0.1, 0.15) is 5.56 Å². The zero-order valence-electron chi connectivity index (χ0n) is 12.2. The van der Waals surface area contributed by atoms with Crippen molar-refractivity contribution in [1.82, 2.24) is 5.32 Å². The number of amides is 1. The van der Waals surface area contributed by atoms with Gasteiger partial charge in [0, 0.05) is 5.56 Å². The molecule has 0 aliphatic carbocycles. The molecule has 2 aromatic carbocycles.